The van der Waals surface area contributed by atoms with Crippen molar-refractivity contribution in [1.29, 1.82) is 0 Å². The number of aromatic nitrogens is 2. The first-order valence-corrected chi connectivity index (χ1v) is 6.02. The Bertz CT molecular complexity index is 449. The molecule has 18 heavy (non-hydrogen) atoms. The molecule has 7 heteroatoms. The highest BCUT2D eigenvalue weighted by molar-refractivity contribution is 5.86. The molecule has 1 aliphatic rings. The summed E-state index contributed by atoms with van der Waals surface area (Å²) in [6, 6.07) is 1.68. The molecule has 4 N–H and O–H groups in total. The minimum absolute atomic E-state index is 0.0438. The molecule has 1 aromatic rings. The number of nitrogens with zero attached hydrogens (tertiary/aromatic N) is 3. The minimum atomic E-state index is -0.182. The number of hydrogen-bond acceptors (Lipinski definition) is 6. The number of carbonyl (C=O) groups excluding carboxylic acids is 1. The Hall–Kier alpha value is -1.89. The average molecular weight is 250 g/mol. The number of nitrogen functional groups attached to an aromatic ring is 1. The molecule has 0 radical (unpaired) electrons. The van der Waals surface area contributed by atoms with E-state index in [2.05, 4.69) is 20.7 Å². The smallest absolute Gasteiger partial charge is 0.242 e. The lowest BCUT2D eigenvalue weighted by Crippen LogP contribution is -2.55. The lowest BCUT2D eigenvalue weighted by atomic mass is 10.1. The summed E-state index contributed by atoms with van der Waals surface area (Å²) in [4.78, 5) is 22.3. The Morgan fingerprint density at radius 2 is 2.39 bits per heavy atom. The maximum absolute atomic E-state index is 11.8. The summed E-state index contributed by atoms with van der Waals surface area (Å²) in [5, 5.41) is 2.86. The molecule has 1 unspecified atom stereocenters. The lowest BCUT2D eigenvalue weighted by Gasteiger charge is -2.35. The highest BCUT2D eigenvalue weighted by Gasteiger charge is 2.29. The topological polar surface area (TPSA) is 96.2 Å². The Balaban J connectivity index is 2.34. The minimum Gasteiger partial charge on any atom is -0.353 e. The van der Waals surface area contributed by atoms with E-state index in [9.17, 15) is 4.79 Å². The summed E-state index contributed by atoms with van der Waals surface area (Å²) in [6.45, 7) is 5.23. The predicted octanol–water partition coefficient (Wildman–Crippen LogP) is -0.215. The van der Waals surface area contributed by atoms with Crippen molar-refractivity contribution in [2.45, 2.75) is 26.3 Å². The van der Waals surface area contributed by atoms with Crippen LogP contribution in [0.3, 0.4) is 0 Å². The van der Waals surface area contributed by atoms with Crippen LogP contribution in [0, 0.1) is 6.92 Å². The van der Waals surface area contributed by atoms with E-state index in [1.165, 1.54) is 0 Å². The number of hydrazine groups is 1. The van der Waals surface area contributed by atoms with E-state index in [0.717, 1.165) is 24.5 Å². The van der Waals surface area contributed by atoms with Gasteiger partial charge in [-0.3, -0.25) is 10.2 Å². The van der Waals surface area contributed by atoms with Gasteiger partial charge in [0.2, 0.25) is 11.9 Å². The molecule has 7 nitrogen and oxygen atoms in total. The first-order chi connectivity index (χ1) is 8.65. The number of amides is 1. The maximum Gasteiger partial charge on any atom is 0.242 e. The van der Waals surface area contributed by atoms with Gasteiger partial charge in [-0.25, -0.2) is 10.8 Å². The van der Waals surface area contributed by atoms with E-state index in [4.69, 9.17) is 5.84 Å². The molecule has 98 valence electrons. The molecule has 2 heterocycles. The van der Waals surface area contributed by atoms with Crippen molar-refractivity contribution in [1.82, 2.24) is 15.3 Å². The van der Waals surface area contributed by atoms with Crippen molar-refractivity contribution in [3.05, 3.63) is 11.8 Å². The van der Waals surface area contributed by atoms with Crippen molar-refractivity contribution in [2.75, 3.05) is 23.4 Å². The Kier molecular flexibility index (Phi) is 3.61. The normalized spacial score (nSPS) is 19.6. The molecule has 0 spiro atoms. The van der Waals surface area contributed by atoms with Gasteiger partial charge in [-0.2, -0.15) is 4.98 Å². The fraction of sp³-hybridized carbons (Fsp3) is 0.545. The van der Waals surface area contributed by atoms with Gasteiger partial charge in [0.1, 0.15) is 11.9 Å². The van der Waals surface area contributed by atoms with Crippen LogP contribution in [0.1, 0.15) is 19.0 Å². The quantitative estimate of drug-likeness (QED) is 0.507. The molecule has 0 saturated carbocycles. The third kappa shape index (κ3) is 2.35. The molecular weight excluding hydrogens is 232 g/mol. The fourth-order valence-electron chi connectivity index (χ4n) is 2.16. The summed E-state index contributed by atoms with van der Waals surface area (Å²) < 4.78 is 0. The molecule has 1 amide bonds. The number of nitrogens with one attached hydrogen (secondary N) is 2. The zero-order valence-corrected chi connectivity index (χ0v) is 10.6. The highest BCUT2D eigenvalue weighted by atomic mass is 16.2. The van der Waals surface area contributed by atoms with Crippen molar-refractivity contribution >= 4 is 17.7 Å². The van der Waals surface area contributed by atoms with Crippen molar-refractivity contribution in [3.8, 4) is 0 Å². The van der Waals surface area contributed by atoms with Crippen LogP contribution in [-0.2, 0) is 4.79 Å². The maximum atomic E-state index is 11.8. The second-order valence-electron chi connectivity index (χ2n) is 4.24. The number of hydrogen-bond donors (Lipinski definition) is 3. The molecule has 1 fully saturated rings. The van der Waals surface area contributed by atoms with Gasteiger partial charge >= 0.3 is 0 Å². The van der Waals surface area contributed by atoms with E-state index in [-0.39, 0.29) is 11.9 Å². The predicted molar refractivity (Wildman–Crippen MR) is 69.0 cm³/mol. The number of piperazine rings is 1. The van der Waals surface area contributed by atoms with Gasteiger partial charge in [0, 0.05) is 24.8 Å². The first kappa shape index (κ1) is 12.6. The van der Waals surface area contributed by atoms with E-state index >= 15 is 0 Å². The molecule has 0 bridgehead atoms. The van der Waals surface area contributed by atoms with Crippen molar-refractivity contribution < 1.29 is 4.79 Å². The Morgan fingerprint density at radius 3 is 3.06 bits per heavy atom. The van der Waals surface area contributed by atoms with Crippen molar-refractivity contribution in [2.24, 2.45) is 5.84 Å². The molecule has 2 rings (SSSR count). The molecular formula is C11H18N6O. The number of nitrogens with two attached hydrogens (primary N) is 1. The zero-order chi connectivity index (χ0) is 13.1. The number of carbonyl (C=O) groups is 1. The Morgan fingerprint density at radius 1 is 1.61 bits per heavy atom. The van der Waals surface area contributed by atoms with Crippen LogP contribution in [0.5, 0.6) is 0 Å². The van der Waals surface area contributed by atoms with Gasteiger partial charge < -0.3 is 10.2 Å². The summed E-state index contributed by atoms with van der Waals surface area (Å²) in [5.41, 5.74) is 3.26. The molecule has 1 aromatic heterocycles. The van der Waals surface area contributed by atoms with Crippen LogP contribution >= 0.6 is 0 Å². The summed E-state index contributed by atoms with van der Waals surface area (Å²) in [6.07, 6.45) is 0.736. The van der Waals surface area contributed by atoms with Gasteiger partial charge in [-0.05, 0) is 13.3 Å². The average Bonchev–Trinajstić information content (AvgIpc) is 2.37. The van der Waals surface area contributed by atoms with Gasteiger partial charge in [0.25, 0.3) is 0 Å². The van der Waals surface area contributed by atoms with E-state index in [1.807, 2.05) is 24.8 Å². The van der Waals surface area contributed by atoms with Crippen LogP contribution in [0.25, 0.3) is 0 Å². The van der Waals surface area contributed by atoms with Gasteiger partial charge in [-0.15, -0.1) is 0 Å². The highest BCUT2D eigenvalue weighted by Crippen LogP contribution is 2.20. The summed E-state index contributed by atoms with van der Waals surface area (Å²) in [7, 11) is 0. The van der Waals surface area contributed by atoms with Crippen LogP contribution in [0.4, 0.5) is 11.8 Å². The van der Waals surface area contributed by atoms with E-state index < -0.39 is 0 Å². The number of rotatable bonds is 3. The van der Waals surface area contributed by atoms with Crippen molar-refractivity contribution in [3.63, 3.8) is 0 Å². The van der Waals surface area contributed by atoms with Crippen LogP contribution < -0.4 is 21.5 Å². The summed E-state index contributed by atoms with van der Waals surface area (Å²) in [5.74, 6) is 6.48. The number of anilines is 2. The molecule has 1 aliphatic heterocycles. The lowest BCUT2D eigenvalue weighted by molar-refractivity contribution is -0.123. The molecule has 1 atom stereocenters. The molecule has 0 aromatic carbocycles. The van der Waals surface area contributed by atoms with Crippen LogP contribution in [0.15, 0.2) is 6.07 Å². The third-order valence-electron chi connectivity index (χ3n) is 2.98. The number of aryl methyl sites for hydroxylation is 1. The molecule has 0 aliphatic carbocycles. The monoisotopic (exact) mass is 250 g/mol. The fourth-order valence-corrected chi connectivity index (χ4v) is 2.16. The zero-order valence-electron chi connectivity index (χ0n) is 10.6. The summed E-state index contributed by atoms with van der Waals surface area (Å²) >= 11 is 0. The SMILES string of the molecule is CCC1C(=O)NCCN1c1cc(C)nc(NN)n1. The van der Waals surface area contributed by atoms with Gasteiger partial charge in [-0.1, -0.05) is 6.92 Å². The largest absolute Gasteiger partial charge is 0.353 e. The van der Waals surface area contributed by atoms with Gasteiger partial charge in [0.05, 0.1) is 0 Å². The van der Waals surface area contributed by atoms with Crippen LogP contribution in [0.2, 0.25) is 0 Å². The van der Waals surface area contributed by atoms with E-state index in [0.29, 0.717) is 12.5 Å². The van der Waals surface area contributed by atoms with Crippen LogP contribution in [-0.4, -0.2) is 35.0 Å². The second kappa shape index (κ2) is 5.18. The molecule has 1 saturated heterocycles. The standard InChI is InChI=1S/C11H18N6O/c1-3-8-10(18)13-4-5-17(8)9-6-7(2)14-11(15-9)16-12/h6,8H,3-5,12H2,1-2H3,(H,13,18)(H,14,15,16). The van der Waals surface area contributed by atoms with E-state index in [1.54, 1.807) is 0 Å². The first-order valence-electron chi connectivity index (χ1n) is 6.02. The second-order valence-corrected chi connectivity index (χ2v) is 4.24. The third-order valence-corrected chi connectivity index (χ3v) is 2.98. The van der Waals surface area contributed by atoms with Gasteiger partial charge in [0.15, 0.2) is 0 Å². The Labute approximate surface area is 106 Å².